The molecule has 3 rings (SSSR count). The van der Waals surface area contributed by atoms with E-state index in [1.54, 1.807) is 0 Å². The number of hydrazine groups is 1. The highest BCUT2D eigenvalue weighted by atomic mass is 32.1. The number of thiazole rings is 1. The number of morpholine rings is 1. The maximum atomic E-state index is 11.9. The number of anilines is 1. The molecule has 0 aliphatic carbocycles. The SMILES string of the molecule is O=C(CNc1nc2ccccc2s1)NNC(=S)NCCCN1CCOCC1. The molecule has 1 saturated heterocycles. The van der Waals surface area contributed by atoms with E-state index in [0.29, 0.717) is 5.11 Å². The van der Waals surface area contributed by atoms with Gasteiger partial charge in [0.2, 0.25) is 0 Å². The van der Waals surface area contributed by atoms with Crippen LogP contribution in [-0.4, -0.2) is 66.8 Å². The van der Waals surface area contributed by atoms with Crippen LogP contribution >= 0.6 is 23.6 Å². The summed E-state index contributed by atoms with van der Waals surface area (Å²) >= 11 is 6.68. The molecule has 2 heterocycles. The average Bonchev–Trinajstić information content (AvgIpc) is 3.12. The Hall–Kier alpha value is -2.01. The fraction of sp³-hybridized carbons (Fsp3) is 0.471. The zero-order chi connectivity index (χ0) is 18.9. The van der Waals surface area contributed by atoms with Gasteiger partial charge in [0.1, 0.15) is 0 Å². The normalized spacial score (nSPS) is 14.7. The summed E-state index contributed by atoms with van der Waals surface area (Å²) in [7, 11) is 0. The molecular formula is C17H24N6O2S2. The minimum Gasteiger partial charge on any atom is -0.379 e. The van der Waals surface area contributed by atoms with E-state index in [1.807, 2.05) is 24.3 Å². The van der Waals surface area contributed by atoms with Gasteiger partial charge in [0.25, 0.3) is 5.91 Å². The van der Waals surface area contributed by atoms with Gasteiger partial charge in [-0.05, 0) is 37.3 Å². The molecule has 27 heavy (non-hydrogen) atoms. The van der Waals surface area contributed by atoms with Crippen molar-refractivity contribution in [1.82, 2.24) is 26.1 Å². The minimum atomic E-state index is -0.216. The predicted octanol–water partition coefficient (Wildman–Crippen LogP) is 0.926. The summed E-state index contributed by atoms with van der Waals surface area (Å²) in [4.78, 5) is 18.7. The number of thiocarbonyl (C=S) groups is 1. The molecule has 1 aliphatic heterocycles. The molecule has 0 bridgehead atoms. The summed E-state index contributed by atoms with van der Waals surface area (Å²) in [6, 6.07) is 7.86. The molecule has 1 aliphatic rings. The number of amides is 1. The lowest BCUT2D eigenvalue weighted by Crippen LogP contribution is -2.48. The van der Waals surface area contributed by atoms with Crippen LogP contribution in [0.1, 0.15) is 6.42 Å². The van der Waals surface area contributed by atoms with Gasteiger partial charge in [-0.3, -0.25) is 20.5 Å². The first-order valence-corrected chi connectivity index (χ1v) is 10.2. The minimum absolute atomic E-state index is 0.118. The van der Waals surface area contributed by atoms with Gasteiger partial charge in [0.05, 0.1) is 30.0 Å². The number of carbonyl (C=O) groups is 1. The number of fused-ring (bicyclic) bond motifs is 1. The zero-order valence-electron chi connectivity index (χ0n) is 15.0. The smallest absolute Gasteiger partial charge is 0.257 e. The topological polar surface area (TPSA) is 90.5 Å². The zero-order valence-corrected chi connectivity index (χ0v) is 16.6. The van der Waals surface area contributed by atoms with E-state index >= 15 is 0 Å². The number of aromatic nitrogens is 1. The van der Waals surface area contributed by atoms with Gasteiger partial charge in [-0.25, -0.2) is 4.98 Å². The van der Waals surface area contributed by atoms with Crippen LogP contribution in [0.3, 0.4) is 0 Å². The van der Waals surface area contributed by atoms with Gasteiger partial charge in [0, 0.05) is 19.6 Å². The Bertz CT molecular complexity index is 730. The number of rotatable bonds is 7. The third kappa shape index (κ3) is 6.58. The maximum absolute atomic E-state index is 11.9. The molecule has 1 aromatic heterocycles. The Balaban J connectivity index is 1.26. The van der Waals surface area contributed by atoms with E-state index in [0.717, 1.165) is 61.2 Å². The van der Waals surface area contributed by atoms with Crippen LogP contribution in [0.2, 0.25) is 0 Å². The third-order valence-corrected chi connectivity index (χ3v) is 5.29. The molecule has 0 spiro atoms. The van der Waals surface area contributed by atoms with Crippen molar-refractivity contribution >= 4 is 49.9 Å². The van der Waals surface area contributed by atoms with Gasteiger partial charge < -0.3 is 15.4 Å². The van der Waals surface area contributed by atoms with Crippen molar-refractivity contribution in [2.45, 2.75) is 6.42 Å². The molecule has 8 nitrogen and oxygen atoms in total. The summed E-state index contributed by atoms with van der Waals surface area (Å²) < 4.78 is 6.41. The summed E-state index contributed by atoms with van der Waals surface area (Å²) in [6.07, 6.45) is 0.981. The molecule has 0 atom stereocenters. The highest BCUT2D eigenvalue weighted by molar-refractivity contribution is 7.80. The second kappa shape index (κ2) is 10.4. The largest absolute Gasteiger partial charge is 0.379 e. The van der Waals surface area contributed by atoms with Crippen LogP contribution in [0.15, 0.2) is 24.3 Å². The summed E-state index contributed by atoms with van der Waals surface area (Å²) in [5.41, 5.74) is 6.21. The number of nitrogens with one attached hydrogen (secondary N) is 4. The van der Waals surface area contributed by atoms with Crippen LogP contribution in [0, 0.1) is 0 Å². The van der Waals surface area contributed by atoms with E-state index in [-0.39, 0.29) is 12.5 Å². The van der Waals surface area contributed by atoms with Gasteiger partial charge in [-0.2, -0.15) is 0 Å². The molecule has 0 saturated carbocycles. The molecular weight excluding hydrogens is 384 g/mol. The molecule has 4 N–H and O–H groups in total. The Kier molecular flexibility index (Phi) is 7.57. The molecule has 1 amide bonds. The quantitative estimate of drug-likeness (QED) is 0.306. The van der Waals surface area contributed by atoms with Crippen LogP contribution in [0.5, 0.6) is 0 Å². The molecule has 146 valence electrons. The number of hydrogen-bond donors (Lipinski definition) is 4. The summed E-state index contributed by atoms with van der Waals surface area (Å²) in [5.74, 6) is -0.216. The highest BCUT2D eigenvalue weighted by Crippen LogP contribution is 2.24. The van der Waals surface area contributed by atoms with Crippen LogP contribution in [0.4, 0.5) is 5.13 Å². The van der Waals surface area contributed by atoms with Crippen molar-refractivity contribution in [3.8, 4) is 0 Å². The fourth-order valence-corrected chi connectivity index (χ4v) is 3.66. The second-order valence-electron chi connectivity index (χ2n) is 6.08. The first kappa shape index (κ1) is 19.7. The average molecular weight is 409 g/mol. The molecule has 0 radical (unpaired) electrons. The molecule has 1 fully saturated rings. The Morgan fingerprint density at radius 2 is 2.07 bits per heavy atom. The van der Waals surface area contributed by atoms with E-state index < -0.39 is 0 Å². The van der Waals surface area contributed by atoms with E-state index in [2.05, 4.69) is 31.4 Å². The number of para-hydroxylation sites is 1. The molecule has 2 aromatic rings. The third-order valence-electron chi connectivity index (χ3n) is 4.05. The van der Waals surface area contributed by atoms with E-state index in [1.165, 1.54) is 11.3 Å². The monoisotopic (exact) mass is 408 g/mol. The Morgan fingerprint density at radius 1 is 1.26 bits per heavy atom. The number of benzene rings is 1. The maximum Gasteiger partial charge on any atom is 0.257 e. The lowest BCUT2D eigenvalue weighted by atomic mass is 10.3. The van der Waals surface area contributed by atoms with Gasteiger partial charge in [-0.1, -0.05) is 23.5 Å². The molecule has 1 aromatic carbocycles. The van der Waals surface area contributed by atoms with Crippen molar-refractivity contribution in [3.05, 3.63) is 24.3 Å². The highest BCUT2D eigenvalue weighted by Gasteiger charge is 2.09. The van der Waals surface area contributed by atoms with Crippen LogP contribution in [0.25, 0.3) is 10.2 Å². The van der Waals surface area contributed by atoms with Crippen LogP contribution in [-0.2, 0) is 9.53 Å². The standard InChI is InChI=1S/C17H24N6O2S2/c24-15(12-19-17-20-13-4-1-2-5-14(13)27-17)21-22-16(26)18-6-3-7-23-8-10-25-11-9-23/h1-2,4-5H,3,6-12H2,(H,19,20)(H,21,24)(H2,18,22,26). The van der Waals surface area contributed by atoms with Crippen molar-refractivity contribution in [1.29, 1.82) is 0 Å². The second-order valence-corrected chi connectivity index (χ2v) is 7.52. The Morgan fingerprint density at radius 3 is 2.89 bits per heavy atom. The molecule has 10 heteroatoms. The van der Waals surface area contributed by atoms with Gasteiger partial charge >= 0.3 is 0 Å². The van der Waals surface area contributed by atoms with Crippen LogP contribution < -0.4 is 21.5 Å². The summed E-state index contributed by atoms with van der Waals surface area (Å²) in [5, 5.41) is 7.23. The van der Waals surface area contributed by atoms with E-state index in [9.17, 15) is 4.79 Å². The number of ether oxygens (including phenoxy) is 1. The van der Waals surface area contributed by atoms with Crippen molar-refractivity contribution in [2.24, 2.45) is 0 Å². The summed E-state index contributed by atoms with van der Waals surface area (Å²) in [6.45, 7) is 5.47. The van der Waals surface area contributed by atoms with E-state index in [4.69, 9.17) is 17.0 Å². The fourth-order valence-electron chi connectivity index (χ4n) is 2.65. The van der Waals surface area contributed by atoms with Gasteiger partial charge in [0.15, 0.2) is 10.2 Å². The predicted molar refractivity (Wildman–Crippen MR) is 112 cm³/mol. The lowest BCUT2D eigenvalue weighted by molar-refractivity contribution is -0.119. The van der Waals surface area contributed by atoms with Crippen molar-refractivity contribution in [3.63, 3.8) is 0 Å². The number of hydrogen-bond acceptors (Lipinski definition) is 7. The first-order valence-electron chi connectivity index (χ1n) is 8.93. The van der Waals surface area contributed by atoms with Crippen molar-refractivity contribution < 1.29 is 9.53 Å². The number of nitrogens with zero attached hydrogens (tertiary/aromatic N) is 2. The van der Waals surface area contributed by atoms with Crippen molar-refractivity contribution in [2.75, 3.05) is 51.3 Å². The lowest BCUT2D eigenvalue weighted by Gasteiger charge is -2.26. The number of carbonyl (C=O) groups excluding carboxylic acids is 1. The first-order chi connectivity index (χ1) is 13.2. The molecule has 0 unspecified atom stereocenters. The van der Waals surface area contributed by atoms with Gasteiger partial charge in [-0.15, -0.1) is 0 Å². The Labute approximate surface area is 167 Å².